The van der Waals surface area contributed by atoms with Gasteiger partial charge in [-0.1, -0.05) is 6.08 Å². The van der Waals surface area contributed by atoms with Crippen molar-refractivity contribution >= 4 is 21.6 Å². The standard InChI is InChI=1S/C9H16O3S2/c1-3-4-12-7-9(2)8-13(10)5-6-14(9)11/h3-4H,5-8H2,1-2H3/b4-3+. The third kappa shape index (κ3) is 2.92. The number of allylic oxidation sites excluding steroid dienone is 1. The van der Waals surface area contributed by atoms with Crippen LogP contribution in [0.1, 0.15) is 13.8 Å². The maximum absolute atomic E-state index is 11.7. The van der Waals surface area contributed by atoms with Crippen molar-refractivity contribution in [3.8, 4) is 0 Å². The molecule has 0 aliphatic carbocycles. The van der Waals surface area contributed by atoms with E-state index in [0.29, 0.717) is 23.9 Å². The van der Waals surface area contributed by atoms with Crippen LogP contribution in [0.4, 0.5) is 0 Å². The van der Waals surface area contributed by atoms with E-state index in [1.807, 2.05) is 13.8 Å². The molecule has 1 fully saturated rings. The molecule has 0 bridgehead atoms. The Morgan fingerprint density at radius 3 is 2.79 bits per heavy atom. The van der Waals surface area contributed by atoms with Crippen LogP contribution in [-0.2, 0) is 26.3 Å². The largest absolute Gasteiger partial charge is 0.500 e. The van der Waals surface area contributed by atoms with Crippen molar-refractivity contribution in [2.75, 3.05) is 23.9 Å². The first kappa shape index (κ1) is 11.9. The summed E-state index contributed by atoms with van der Waals surface area (Å²) in [6, 6.07) is 0. The number of hydrogen-bond donors (Lipinski definition) is 0. The molecule has 0 aromatic carbocycles. The van der Waals surface area contributed by atoms with E-state index < -0.39 is 26.3 Å². The molecule has 1 rings (SSSR count). The number of hydrogen-bond acceptors (Lipinski definition) is 3. The topological polar surface area (TPSA) is 43.4 Å². The molecular weight excluding hydrogens is 220 g/mol. The fraction of sp³-hybridized carbons (Fsp3) is 0.778. The molecule has 1 aliphatic rings. The molecule has 0 aromatic rings. The van der Waals surface area contributed by atoms with Crippen LogP contribution in [0.15, 0.2) is 12.3 Å². The highest BCUT2D eigenvalue weighted by molar-refractivity contribution is 7.93. The molecule has 1 aliphatic heterocycles. The first-order valence-corrected chi connectivity index (χ1v) is 7.35. The first-order chi connectivity index (χ1) is 6.58. The van der Waals surface area contributed by atoms with Crippen molar-refractivity contribution in [2.45, 2.75) is 18.6 Å². The van der Waals surface area contributed by atoms with Crippen LogP contribution in [0.5, 0.6) is 0 Å². The van der Waals surface area contributed by atoms with Gasteiger partial charge in [0.1, 0.15) is 6.61 Å². The Morgan fingerprint density at radius 2 is 2.14 bits per heavy atom. The fourth-order valence-corrected chi connectivity index (χ4v) is 5.19. The lowest BCUT2D eigenvalue weighted by atomic mass is 10.2. The van der Waals surface area contributed by atoms with Gasteiger partial charge < -0.3 is 4.74 Å². The zero-order valence-electron chi connectivity index (χ0n) is 8.52. The summed E-state index contributed by atoms with van der Waals surface area (Å²) in [4.78, 5) is 0. The van der Waals surface area contributed by atoms with Gasteiger partial charge in [0.05, 0.1) is 11.0 Å². The van der Waals surface area contributed by atoms with E-state index in [4.69, 9.17) is 4.74 Å². The molecule has 14 heavy (non-hydrogen) atoms. The Morgan fingerprint density at radius 1 is 1.43 bits per heavy atom. The minimum atomic E-state index is -0.920. The molecule has 0 amide bonds. The van der Waals surface area contributed by atoms with Gasteiger partial charge in [0.2, 0.25) is 0 Å². The van der Waals surface area contributed by atoms with Crippen molar-refractivity contribution in [2.24, 2.45) is 0 Å². The summed E-state index contributed by atoms with van der Waals surface area (Å²) in [5, 5.41) is 0. The van der Waals surface area contributed by atoms with E-state index in [1.54, 1.807) is 12.3 Å². The van der Waals surface area contributed by atoms with Crippen molar-refractivity contribution in [1.29, 1.82) is 0 Å². The van der Waals surface area contributed by atoms with Gasteiger partial charge in [0.25, 0.3) is 0 Å². The first-order valence-electron chi connectivity index (χ1n) is 4.55. The third-order valence-corrected chi connectivity index (χ3v) is 6.13. The summed E-state index contributed by atoms with van der Waals surface area (Å²) in [5.74, 6) is 1.57. The molecule has 0 radical (unpaired) electrons. The highest BCUT2D eigenvalue weighted by atomic mass is 32.2. The summed E-state index contributed by atoms with van der Waals surface area (Å²) >= 11 is 0. The van der Waals surface area contributed by atoms with Crippen LogP contribution >= 0.6 is 0 Å². The summed E-state index contributed by atoms with van der Waals surface area (Å²) in [6.07, 6.45) is 3.37. The molecule has 3 nitrogen and oxygen atoms in total. The molecule has 0 saturated carbocycles. The van der Waals surface area contributed by atoms with Gasteiger partial charge in [-0.2, -0.15) is 0 Å². The Labute approximate surface area is 89.8 Å². The molecule has 5 heteroatoms. The van der Waals surface area contributed by atoms with Gasteiger partial charge in [0, 0.05) is 38.9 Å². The predicted octanol–water partition coefficient (Wildman–Crippen LogP) is 0.806. The van der Waals surface area contributed by atoms with Crippen LogP contribution in [0.25, 0.3) is 0 Å². The van der Waals surface area contributed by atoms with Crippen LogP contribution in [-0.4, -0.2) is 37.0 Å². The number of ether oxygens (including phenoxy) is 1. The third-order valence-electron chi connectivity index (χ3n) is 2.13. The number of rotatable bonds is 3. The van der Waals surface area contributed by atoms with Gasteiger partial charge in [-0.15, -0.1) is 0 Å². The Bertz CT molecular complexity index is 275. The van der Waals surface area contributed by atoms with Gasteiger partial charge in [-0.25, -0.2) is 0 Å². The monoisotopic (exact) mass is 236 g/mol. The maximum atomic E-state index is 11.7. The van der Waals surface area contributed by atoms with Crippen molar-refractivity contribution in [3.63, 3.8) is 0 Å². The smallest absolute Gasteiger partial charge is 0.105 e. The van der Waals surface area contributed by atoms with Gasteiger partial charge >= 0.3 is 0 Å². The summed E-state index contributed by atoms with van der Waals surface area (Å²) in [5.41, 5.74) is 0. The van der Waals surface area contributed by atoms with E-state index >= 15 is 0 Å². The highest BCUT2D eigenvalue weighted by Crippen LogP contribution is 2.21. The Kier molecular flexibility index (Phi) is 4.31. The molecule has 0 N–H and O–H groups in total. The molecule has 82 valence electrons. The maximum Gasteiger partial charge on any atom is 0.105 e. The summed E-state index contributed by atoms with van der Waals surface area (Å²) < 4.78 is 27.9. The van der Waals surface area contributed by atoms with E-state index in [9.17, 15) is 8.42 Å². The highest BCUT2D eigenvalue weighted by Gasteiger charge is 2.37. The van der Waals surface area contributed by atoms with Crippen molar-refractivity contribution < 1.29 is 13.2 Å². The minimum Gasteiger partial charge on any atom is -0.500 e. The fourth-order valence-electron chi connectivity index (χ4n) is 1.32. The van der Waals surface area contributed by atoms with Gasteiger partial charge in [-0.05, 0) is 13.8 Å². The van der Waals surface area contributed by atoms with E-state index in [1.165, 1.54) is 0 Å². The normalized spacial score (nSPS) is 38.7. The second-order valence-electron chi connectivity index (χ2n) is 3.57. The Balaban J connectivity index is 2.59. The van der Waals surface area contributed by atoms with Crippen molar-refractivity contribution in [3.05, 3.63) is 12.3 Å². The lowest BCUT2D eigenvalue weighted by Gasteiger charge is -2.31. The Hall–Kier alpha value is -0.160. The summed E-state index contributed by atoms with van der Waals surface area (Å²) in [6.45, 7) is 4.12. The van der Waals surface area contributed by atoms with Gasteiger partial charge in [0.15, 0.2) is 0 Å². The second-order valence-corrected chi connectivity index (χ2v) is 7.23. The van der Waals surface area contributed by atoms with Crippen LogP contribution < -0.4 is 0 Å². The molecule has 0 spiro atoms. The van der Waals surface area contributed by atoms with Crippen molar-refractivity contribution in [1.82, 2.24) is 0 Å². The molecule has 1 saturated heterocycles. The van der Waals surface area contributed by atoms with Crippen LogP contribution in [0.2, 0.25) is 0 Å². The molecule has 3 unspecified atom stereocenters. The lowest BCUT2D eigenvalue weighted by Crippen LogP contribution is -2.47. The molecular formula is C9H16O3S2. The average Bonchev–Trinajstić information content (AvgIpc) is 2.13. The average molecular weight is 236 g/mol. The summed E-state index contributed by atoms with van der Waals surface area (Å²) in [7, 11) is -1.75. The molecule has 3 atom stereocenters. The SMILES string of the molecule is C/C=C/OCC1(C)CS(=O)CCS1=O. The zero-order chi connectivity index (χ0) is 10.6. The quantitative estimate of drug-likeness (QED) is 0.681. The minimum absolute atomic E-state index is 0.385. The predicted molar refractivity (Wildman–Crippen MR) is 60.1 cm³/mol. The van der Waals surface area contributed by atoms with Crippen LogP contribution in [0, 0.1) is 0 Å². The van der Waals surface area contributed by atoms with E-state index in [2.05, 4.69) is 0 Å². The second kappa shape index (κ2) is 5.07. The van der Waals surface area contributed by atoms with E-state index in [-0.39, 0.29) is 0 Å². The van der Waals surface area contributed by atoms with Gasteiger partial charge in [-0.3, -0.25) is 8.42 Å². The van der Waals surface area contributed by atoms with E-state index in [0.717, 1.165) is 0 Å². The zero-order valence-corrected chi connectivity index (χ0v) is 10.2. The molecule has 1 heterocycles. The van der Waals surface area contributed by atoms with Crippen LogP contribution in [0.3, 0.4) is 0 Å². The lowest BCUT2D eigenvalue weighted by molar-refractivity contribution is 0.224. The molecule has 0 aromatic heterocycles.